The molecule has 2 heterocycles. The van der Waals surface area contributed by atoms with Gasteiger partial charge in [-0.15, -0.1) is 0 Å². The van der Waals surface area contributed by atoms with Crippen LogP contribution in [0.15, 0.2) is 71.5 Å². The number of hydrogen-bond acceptors (Lipinski definition) is 7. The Kier molecular flexibility index (Phi) is 14.5. The minimum Gasteiger partial charge on any atom is -0.443 e. The molecule has 0 aliphatic heterocycles. The first-order valence-electron chi connectivity index (χ1n) is 15.5. The van der Waals surface area contributed by atoms with Gasteiger partial charge < -0.3 is 25.1 Å². The van der Waals surface area contributed by atoms with Gasteiger partial charge in [0.15, 0.2) is 0 Å². The van der Waals surface area contributed by atoms with Gasteiger partial charge in [0.2, 0.25) is 5.89 Å². The van der Waals surface area contributed by atoms with Gasteiger partial charge in [0.05, 0.1) is 19.4 Å². The molecule has 1 atom stereocenters. The van der Waals surface area contributed by atoms with Crippen LogP contribution in [-0.2, 0) is 17.8 Å². The maximum Gasteiger partial charge on any atom is 0.269 e. The lowest BCUT2D eigenvalue weighted by atomic mass is 10.1. The largest absolute Gasteiger partial charge is 0.443 e. The molecule has 2 aromatic carbocycles. The number of amides is 2. The Morgan fingerprint density at radius 3 is 2.30 bits per heavy atom. The SMILES string of the molecule is CCCN(CCC)C(=O)c1cc(C(=O)NCC(N)COCc2cccc(CC)c2)nc(-c2ncco2)c1.Cc1cc(F)cc(F)c1. The summed E-state index contributed by atoms with van der Waals surface area (Å²) < 4.78 is 35.5. The van der Waals surface area contributed by atoms with E-state index < -0.39 is 23.6 Å². The fourth-order valence-corrected chi connectivity index (χ4v) is 4.60. The Hall–Kier alpha value is -4.48. The monoisotopic (exact) mass is 635 g/mol. The molecule has 0 fully saturated rings. The van der Waals surface area contributed by atoms with Gasteiger partial charge >= 0.3 is 0 Å². The van der Waals surface area contributed by atoms with E-state index in [4.69, 9.17) is 14.9 Å². The molecule has 2 amide bonds. The van der Waals surface area contributed by atoms with E-state index in [2.05, 4.69) is 34.3 Å². The molecule has 4 rings (SSSR count). The summed E-state index contributed by atoms with van der Waals surface area (Å²) in [5, 5.41) is 2.80. The fourth-order valence-electron chi connectivity index (χ4n) is 4.60. The summed E-state index contributed by atoms with van der Waals surface area (Å²) in [6.07, 6.45) is 5.54. The van der Waals surface area contributed by atoms with Crippen molar-refractivity contribution in [3.63, 3.8) is 0 Å². The van der Waals surface area contributed by atoms with Gasteiger partial charge in [0.25, 0.3) is 11.8 Å². The Bertz CT molecular complexity index is 1490. The number of carbonyl (C=O) groups excluding carboxylic acids is 2. The van der Waals surface area contributed by atoms with Crippen LogP contribution >= 0.6 is 0 Å². The molecular formula is C35H43F2N5O4. The number of ether oxygens (including phenoxy) is 1. The standard InChI is InChI=1S/C28H37N5O4.C7H6F2/c1-4-11-33(12-5-2)28(35)22-15-24(32-25(16-22)27-30-10-13-37-27)26(34)31-17-23(29)19-36-18-21-9-7-8-20(6-3)14-21;1-5-2-6(8)4-7(9)3-5/h7-10,13-16,23H,4-6,11-12,17-19,29H2,1-3H3,(H,31,34);2-4H,1H3. The first-order chi connectivity index (χ1) is 22.1. The zero-order valence-electron chi connectivity index (χ0n) is 26.9. The highest BCUT2D eigenvalue weighted by Gasteiger charge is 2.21. The van der Waals surface area contributed by atoms with Crippen molar-refractivity contribution in [1.82, 2.24) is 20.2 Å². The van der Waals surface area contributed by atoms with Gasteiger partial charge in [0.1, 0.15) is 29.3 Å². The number of nitrogens with one attached hydrogen (secondary N) is 1. The molecule has 0 radical (unpaired) electrons. The van der Waals surface area contributed by atoms with Crippen LogP contribution in [0.5, 0.6) is 0 Å². The molecule has 0 saturated heterocycles. The van der Waals surface area contributed by atoms with E-state index in [9.17, 15) is 18.4 Å². The van der Waals surface area contributed by atoms with Crippen LogP contribution in [0.3, 0.4) is 0 Å². The zero-order valence-corrected chi connectivity index (χ0v) is 26.9. The van der Waals surface area contributed by atoms with Crippen LogP contribution in [0.1, 0.15) is 71.1 Å². The molecule has 1 unspecified atom stereocenters. The third-order valence-electron chi connectivity index (χ3n) is 6.76. The second-order valence-electron chi connectivity index (χ2n) is 10.9. The van der Waals surface area contributed by atoms with Crippen LogP contribution in [0, 0.1) is 18.6 Å². The Balaban J connectivity index is 0.000000549. The van der Waals surface area contributed by atoms with Gasteiger partial charge in [0, 0.05) is 37.3 Å². The van der Waals surface area contributed by atoms with Crippen molar-refractivity contribution in [3.8, 4) is 11.6 Å². The summed E-state index contributed by atoms with van der Waals surface area (Å²) >= 11 is 0. The van der Waals surface area contributed by atoms with Crippen molar-refractivity contribution in [3.05, 3.63) is 107 Å². The van der Waals surface area contributed by atoms with E-state index in [0.717, 1.165) is 30.9 Å². The average Bonchev–Trinajstić information content (AvgIpc) is 3.58. The molecule has 9 nitrogen and oxygen atoms in total. The Morgan fingerprint density at radius 2 is 1.70 bits per heavy atom. The molecule has 0 aliphatic rings. The number of aryl methyl sites for hydroxylation is 2. The lowest BCUT2D eigenvalue weighted by molar-refractivity contribution is 0.0755. The Labute approximate surface area is 269 Å². The molecule has 2 aromatic heterocycles. The number of carbonyl (C=O) groups is 2. The summed E-state index contributed by atoms with van der Waals surface area (Å²) in [6, 6.07) is 14.3. The van der Waals surface area contributed by atoms with Gasteiger partial charge in [-0.1, -0.05) is 45.0 Å². The molecular weight excluding hydrogens is 592 g/mol. The van der Waals surface area contributed by atoms with Crippen LogP contribution in [0.25, 0.3) is 11.6 Å². The number of oxazole rings is 1. The normalized spacial score (nSPS) is 11.4. The van der Waals surface area contributed by atoms with Crippen molar-refractivity contribution in [2.75, 3.05) is 26.2 Å². The molecule has 3 N–H and O–H groups in total. The average molecular weight is 636 g/mol. The molecule has 0 spiro atoms. The maximum atomic E-state index is 13.2. The van der Waals surface area contributed by atoms with Crippen molar-refractivity contribution < 1.29 is 27.5 Å². The van der Waals surface area contributed by atoms with Gasteiger partial charge in [-0.2, -0.15) is 0 Å². The van der Waals surface area contributed by atoms with Gasteiger partial charge in [-0.25, -0.2) is 18.7 Å². The van der Waals surface area contributed by atoms with Crippen LogP contribution in [0.2, 0.25) is 0 Å². The quantitative estimate of drug-likeness (QED) is 0.171. The van der Waals surface area contributed by atoms with E-state index in [-0.39, 0.29) is 30.6 Å². The number of nitrogens with two attached hydrogens (primary N) is 1. The number of aromatic nitrogens is 2. The second-order valence-corrected chi connectivity index (χ2v) is 10.9. The maximum absolute atomic E-state index is 13.2. The second kappa shape index (κ2) is 18.5. The summed E-state index contributed by atoms with van der Waals surface area (Å²) in [4.78, 5) is 36.5. The third-order valence-corrected chi connectivity index (χ3v) is 6.76. The third kappa shape index (κ3) is 11.5. The predicted octanol–water partition coefficient (Wildman–Crippen LogP) is 6.11. The van der Waals surface area contributed by atoms with E-state index >= 15 is 0 Å². The van der Waals surface area contributed by atoms with Crippen molar-refractivity contribution in [2.45, 2.75) is 59.6 Å². The lowest BCUT2D eigenvalue weighted by Crippen LogP contribution is -2.40. The molecule has 4 aromatic rings. The highest BCUT2D eigenvalue weighted by atomic mass is 19.1. The molecule has 0 saturated carbocycles. The van der Waals surface area contributed by atoms with E-state index in [1.807, 2.05) is 26.0 Å². The minimum atomic E-state index is -0.521. The fraction of sp³-hybridized carbons (Fsp3) is 0.371. The number of benzene rings is 2. The summed E-state index contributed by atoms with van der Waals surface area (Å²) in [5.74, 6) is -1.41. The first kappa shape index (κ1) is 36.0. The van der Waals surface area contributed by atoms with Crippen LogP contribution in [0.4, 0.5) is 8.78 Å². The number of halogens is 2. The number of rotatable bonds is 14. The van der Waals surface area contributed by atoms with E-state index in [0.29, 0.717) is 36.5 Å². The van der Waals surface area contributed by atoms with Gasteiger partial charge in [-0.3, -0.25) is 9.59 Å². The zero-order chi connectivity index (χ0) is 33.5. The Morgan fingerprint density at radius 1 is 1.00 bits per heavy atom. The molecule has 11 heteroatoms. The van der Waals surface area contributed by atoms with Crippen molar-refractivity contribution >= 4 is 11.8 Å². The number of hydrogen-bond donors (Lipinski definition) is 2. The first-order valence-corrected chi connectivity index (χ1v) is 15.5. The molecule has 46 heavy (non-hydrogen) atoms. The number of pyridine rings is 1. The molecule has 0 bridgehead atoms. The highest BCUT2D eigenvalue weighted by Crippen LogP contribution is 2.19. The van der Waals surface area contributed by atoms with Gasteiger partial charge in [-0.05, 0) is 67.1 Å². The number of nitrogens with zero attached hydrogens (tertiary/aromatic N) is 3. The minimum absolute atomic E-state index is 0.0940. The van der Waals surface area contributed by atoms with E-state index in [1.165, 1.54) is 36.2 Å². The smallest absolute Gasteiger partial charge is 0.269 e. The summed E-state index contributed by atoms with van der Waals surface area (Å²) in [7, 11) is 0. The summed E-state index contributed by atoms with van der Waals surface area (Å²) in [5.41, 5.74) is 9.87. The highest BCUT2D eigenvalue weighted by molar-refractivity contribution is 5.99. The topological polar surface area (TPSA) is 124 Å². The molecule has 0 aliphatic carbocycles. The van der Waals surface area contributed by atoms with Crippen LogP contribution in [-0.4, -0.2) is 59.0 Å². The van der Waals surface area contributed by atoms with Crippen LogP contribution < -0.4 is 11.1 Å². The lowest BCUT2D eigenvalue weighted by Gasteiger charge is -2.22. The van der Waals surface area contributed by atoms with E-state index in [1.54, 1.807) is 17.9 Å². The van der Waals surface area contributed by atoms with Crippen molar-refractivity contribution in [1.29, 1.82) is 0 Å². The summed E-state index contributed by atoms with van der Waals surface area (Å²) in [6.45, 7) is 9.99. The molecule has 246 valence electrons. The van der Waals surface area contributed by atoms with Crippen molar-refractivity contribution in [2.24, 2.45) is 5.73 Å². The predicted molar refractivity (Wildman–Crippen MR) is 173 cm³/mol.